The van der Waals surface area contributed by atoms with Crippen LogP contribution in [0.4, 0.5) is 0 Å². The quantitative estimate of drug-likeness (QED) is 0.580. The molecule has 3 aliphatic carbocycles. The van der Waals surface area contributed by atoms with Crippen molar-refractivity contribution in [3.05, 3.63) is 0 Å². The van der Waals surface area contributed by atoms with Crippen LogP contribution in [0.15, 0.2) is 0 Å². The molecule has 3 rings (SSSR count). The molecule has 62 valence electrons. The fourth-order valence-electron chi connectivity index (χ4n) is 2.44. The number of rotatable bonds is 2. The molecule has 0 saturated heterocycles. The zero-order valence-corrected chi connectivity index (χ0v) is 6.54. The van der Waals surface area contributed by atoms with Crippen LogP contribution in [0, 0.1) is 17.3 Å². The van der Waals surface area contributed by atoms with E-state index in [0.717, 1.165) is 12.8 Å². The van der Waals surface area contributed by atoms with Gasteiger partial charge in [0.2, 0.25) is 0 Å². The van der Waals surface area contributed by atoms with Crippen LogP contribution in [0.2, 0.25) is 0 Å². The molecule has 0 spiro atoms. The topological polar surface area (TPSA) is 46.5 Å². The third-order valence-corrected chi connectivity index (χ3v) is 3.32. The van der Waals surface area contributed by atoms with E-state index < -0.39 is 0 Å². The van der Waals surface area contributed by atoms with Gasteiger partial charge in [-0.25, -0.2) is 0 Å². The van der Waals surface area contributed by atoms with Crippen LogP contribution in [0.3, 0.4) is 0 Å². The highest BCUT2D eigenvalue weighted by molar-refractivity contribution is 5.81. The summed E-state index contributed by atoms with van der Waals surface area (Å²) in [5.41, 5.74) is -0.270. The molecule has 0 aromatic heterocycles. The Morgan fingerprint density at radius 3 is 2.64 bits per heavy atom. The van der Waals surface area contributed by atoms with Crippen molar-refractivity contribution in [1.82, 2.24) is 0 Å². The number of ether oxygens (including phenoxy) is 1. The summed E-state index contributed by atoms with van der Waals surface area (Å²) in [6.45, 7) is 0.139. The van der Waals surface area contributed by atoms with E-state index >= 15 is 0 Å². The summed E-state index contributed by atoms with van der Waals surface area (Å²) in [5, 5.41) is 8.89. The number of methoxy groups -OCH3 is 1. The van der Waals surface area contributed by atoms with E-state index in [1.165, 1.54) is 7.11 Å². The molecule has 3 saturated carbocycles. The first kappa shape index (κ1) is 7.10. The van der Waals surface area contributed by atoms with Crippen molar-refractivity contribution < 1.29 is 14.6 Å². The molecule has 0 heterocycles. The number of carbonyl (C=O) groups is 1. The number of esters is 1. The SMILES string of the molecule is COC(=O)C12CC(C1)C2CO. The molecule has 11 heavy (non-hydrogen) atoms. The molecule has 1 N–H and O–H groups in total. The molecule has 3 fully saturated rings. The molecule has 0 aliphatic heterocycles. The van der Waals surface area contributed by atoms with E-state index in [2.05, 4.69) is 4.74 Å². The van der Waals surface area contributed by atoms with Gasteiger partial charge in [-0.15, -0.1) is 0 Å². The average Bonchev–Trinajstić information content (AvgIpc) is 1.83. The molecule has 0 aromatic rings. The van der Waals surface area contributed by atoms with E-state index in [1.807, 2.05) is 0 Å². The second-order valence-electron chi connectivity index (χ2n) is 3.61. The second-order valence-corrected chi connectivity index (χ2v) is 3.61. The maximum atomic E-state index is 11.2. The van der Waals surface area contributed by atoms with Gasteiger partial charge in [-0.2, -0.15) is 0 Å². The lowest BCUT2D eigenvalue weighted by Crippen LogP contribution is -2.66. The minimum Gasteiger partial charge on any atom is -0.469 e. The molecule has 1 atom stereocenters. The molecule has 0 radical (unpaired) electrons. The van der Waals surface area contributed by atoms with Crippen molar-refractivity contribution in [2.75, 3.05) is 13.7 Å². The predicted octanol–water partition coefficient (Wildman–Crippen LogP) is 0.178. The molecule has 3 heteroatoms. The number of aliphatic hydroxyl groups excluding tert-OH is 1. The van der Waals surface area contributed by atoms with Gasteiger partial charge in [0.1, 0.15) is 0 Å². The van der Waals surface area contributed by atoms with Crippen molar-refractivity contribution in [2.45, 2.75) is 12.8 Å². The van der Waals surface area contributed by atoms with Crippen LogP contribution in [0.25, 0.3) is 0 Å². The minimum absolute atomic E-state index is 0.126. The van der Waals surface area contributed by atoms with E-state index in [-0.39, 0.29) is 23.9 Å². The zero-order valence-electron chi connectivity index (χ0n) is 6.54. The summed E-state index contributed by atoms with van der Waals surface area (Å²) in [7, 11) is 1.41. The highest BCUT2D eigenvalue weighted by atomic mass is 16.5. The molecule has 3 aliphatic rings. The summed E-state index contributed by atoms with van der Waals surface area (Å²) in [5.74, 6) is 0.674. The smallest absolute Gasteiger partial charge is 0.312 e. The van der Waals surface area contributed by atoms with E-state index in [4.69, 9.17) is 5.11 Å². The van der Waals surface area contributed by atoms with Crippen LogP contribution in [0.5, 0.6) is 0 Å². The Kier molecular flexibility index (Phi) is 1.27. The summed E-state index contributed by atoms with van der Waals surface area (Å²) in [6.07, 6.45) is 1.87. The van der Waals surface area contributed by atoms with E-state index in [0.29, 0.717) is 5.92 Å². The third kappa shape index (κ3) is 0.601. The van der Waals surface area contributed by atoms with E-state index in [1.54, 1.807) is 0 Å². The first-order valence-corrected chi connectivity index (χ1v) is 3.94. The molecular weight excluding hydrogens is 144 g/mol. The third-order valence-electron chi connectivity index (χ3n) is 3.32. The van der Waals surface area contributed by atoms with Gasteiger partial charge in [0.15, 0.2) is 0 Å². The van der Waals surface area contributed by atoms with Crippen molar-refractivity contribution in [3.63, 3.8) is 0 Å². The van der Waals surface area contributed by atoms with Crippen LogP contribution in [-0.4, -0.2) is 24.8 Å². The summed E-state index contributed by atoms with van der Waals surface area (Å²) in [6, 6.07) is 0. The molecule has 0 aromatic carbocycles. The van der Waals surface area contributed by atoms with Gasteiger partial charge in [-0.3, -0.25) is 4.79 Å². The Morgan fingerprint density at radius 2 is 2.36 bits per heavy atom. The number of hydrogen-bond donors (Lipinski definition) is 1. The van der Waals surface area contributed by atoms with Gasteiger partial charge in [-0.1, -0.05) is 0 Å². The van der Waals surface area contributed by atoms with Gasteiger partial charge >= 0.3 is 5.97 Å². The summed E-state index contributed by atoms with van der Waals surface area (Å²) in [4.78, 5) is 11.2. The normalized spacial score (nSPS) is 45.6. The molecule has 1 unspecified atom stereocenters. The Bertz CT molecular complexity index is 194. The Hall–Kier alpha value is -0.570. The first-order valence-electron chi connectivity index (χ1n) is 3.94. The predicted molar refractivity (Wildman–Crippen MR) is 37.7 cm³/mol. The van der Waals surface area contributed by atoms with Gasteiger partial charge in [0.25, 0.3) is 0 Å². The van der Waals surface area contributed by atoms with Gasteiger partial charge in [-0.05, 0) is 18.8 Å². The van der Waals surface area contributed by atoms with Crippen LogP contribution in [0.1, 0.15) is 12.8 Å². The minimum atomic E-state index is -0.270. The highest BCUT2D eigenvalue weighted by Gasteiger charge is 2.69. The standard InChI is InChI=1S/C8H12O3/c1-11-7(10)8-2-5(3-8)6(8)4-9/h5-6,9H,2-4H2,1H3. The van der Waals surface area contributed by atoms with Gasteiger partial charge in [0, 0.05) is 12.5 Å². The summed E-state index contributed by atoms with van der Waals surface area (Å²) >= 11 is 0. The molecule has 0 amide bonds. The lowest BCUT2D eigenvalue weighted by Gasteiger charge is -2.65. The fraction of sp³-hybridized carbons (Fsp3) is 0.875. The molecule has 2 bridgehead atoms. The monoisotopic (exact) mass is 156 g/mol. The Balaban J connectivity index is 2.07. The molecular formula is C8H12O3. The number of hydrogen-bond acceptors (Lipinski definition) is 3. The maximum absolute atomic E-state index is 11.2. The number of carbonyl (C=O) groups excluding carboxylic acids is 1. The van der Waals surface area contributed by atoms with Gasteiger partial charge in [0.05, 0.1) is 12.5 Å². The maximum Gasteiger partial charge on any atom is 0.312 e. The Morgan fingerprint density at radius 1 is 1.73 bits per heavy atom. The largest absolute Gasteiger partial charge is 0.469 e. The second kappa shape index (κ2) is 1.97. The summed E-state index contributed by atoms with van der Waals surface area (Å²) < 4.78 is 4.68. The van der Waals surface area contributed by atoms with Crippen molar-refractivity contribution in [2.24, 2.45) is 17.3 Å². The molecule has 3 nitrogen and oxygen atoms in total. The van der Waals surface area contributed by atoms with Crippen LogP contribution < -0.4 is 0 Å². The van der Waals surface area contributed by atoms with Crippen LogP contribution >= 0.6 is 0 Å². The van der Waals surface area contributed by atoms with Crippen molar-refractivity contribution in [3.8, 4) is 0 Å². The lowest BCUT2D eigenvalue weighted by molar-refractivity contribution is -0.227. The van der Waals surface area contributed by atoms with Gasteiger partial charge < -0.3 is 9.84 Å². The first-order chi connectivity index (χ1) is 5.24. The lowest BCUT2D eigenvalue weighted by atomic mass is 9.38. The average molecular weight is 156 g/mol. The van der Waals surface area contributed by atoms with Crippen molar-refractivity contribution >= 4 is 5.97 Å². The number of aliphatic hydroxyl groups is 1. The fourth-order valence-corrected chi connectivity index (χ4v) is 2.44. The highest BCUT2D eigenvalue weighted by Crippen LogP contribution is 2.68. The van der Waals surface area contributed by atoms with E-state index in [9.17, 15) is 4.79 Å². The van der Waals surface area contributed by atoms with Crippen molar-refractivity contribution in [1.29, 1.82) is 0 Å². The zero-order chi connectivity index (χ0) is 8.06. The Labute approximate surface area is 65.4 Å². The van der Waals surface area contributed by atoms with Crippen LogP contribution in [-0.2, 0) is 9.53 Å².